The first kappa shape index (κ1) is 7.54. The molecule has 2 atom stereocenters. The van der Waals surface area contributed by atoms with Crippen molar-refractivity contribution in [2.45, 2.75) is 31.9 Å². The van der Waals surface area contributed by atoms with Crippen LogP contribution in [0.2, 0.25) is 0 Å². The van der Waals surface area contributed by atoms with Crippen LogP contribution in [-0.2, 0) is 9.53 Å². The van der Waals surface area contributed by atoms with Gasteiger partial charge in [0.2, 0.25) is 5.91 Å². The van der Waals surface area contributed by atoms with E-state index in [9.17, 15) is 4.79 Å². The molecule has 10 heavy (non-hydrogen) atoms. The van der Waals surface area contributed by atoms with Crippen molar-refractivity contribution < 1.29 is 9.53 Å². The minimum atomic E-state index is 0.0340. The number of rotatable bonds is 2. The van der Waals surface area contributed by atoms with Crippen LogP contribution in [-0.4, -0.2) is 25.2 Å². The molecule has 1 N–H and O–H groups in total. The van der Waals surface area contributed by atoms with E-state index >= 15 is 0 Å². The van der Waals surface area contributed by atoms with Crippen molar-refractivity contribution in [2.24, 2.45) is 0 Å². The van der Waals surface area contributed by atoms with E-state index in [0.717, 1.165) is 12.8 Å². The smallest absolute Gasteiger partial charge is 0.217 e. The maximum absolute atomic E-state index is 10.5. The zero-order valence-electron chi connectivity index (χ0n) is 6.39. The van der Waals surface area contributed by atoms with Crippen molar-refractivity contribution in [2.75, 3.05) is 7.11 Å². The van der Waals surface area contributed by atoms with Gasteiger partial charge in [-0.2, -0.15) is 0 Å². The Morgan fingerprint density at radius 1 is 1.60 bits per heavy atom. The molecule has 0 aromatic rings. The van der Waals surface area contributed by atoms with E-state index in [0.29, 0.717) is 0 Å². The number of methoxy groups -OCH3 is 1. The summed E-state index contributed by atoms with van der Waals surface area (Å²) < 4.78 is 5.08. The Kier molecular flexibility index (Phi) is 2.27. The van der Waals surface area contributed by atoms with Crippen LogP contribution < -0.4 is 5.32 Å². The molecule has 1 rings (SSSR count). The second kappa shape index (κ2) is 3.01. The van der Waals surface area contributed by atoms with Crippen molar-refractivity contribution in [1.82, 2.24) is 5.32 Å². The van der Waals surface area contributed by atoms with Crippen LogP contribution in [0.3, 0.4) is 0 Å². The standard InChI is InChI=1S/C7H13NO2/c1-5(9)8-6-3-4-7(6)10-2/h6-7H,3-4H2,1-2H3,(H,8,9)/t6-,7-/m0/s1. The molecule has 0 aromatic heterocycles. The Bertz CT molecular complexity index is 134. The Hall–Kier alpha value is -0.570. The lowest BCUT2D eigenvalue weighted by Crippen LogP contribution is -2.50. The van der Waals surface area contributed by atoms with Crippen LogP contribution in [0.1, 0.15) is 19.8 Å². The molecule has 0 aromatic carbocycles. The van der Waals surface area contributed by atoms with E-state index in [1.165, 1.54) is 6.92 Å². The van der Waals surface area contributed by atoms with Gasteiger partial charge in [-0.05, 0) is 12.8 Å². The highest BCUT2D eigenvalue weighted by Gasteiger charge is 2.30. The van der Waals surface area contributed by atoms with Gasteiger partial charge in [0.1, 0.15) is 0 Å². The van der Waals surface area contributed by atoms with E-state index in [1.54, 1.807) is 7.11 Å². The zero-order valence-corrected chi connectivity index (χ0v) is 6.39. The van der Waals surface area contributed by atoms with Gasteiger partial charge in [-0.1, -0.05) is 0 Å². The predicted molar refractivity (Wildman–Crippen MR) is 37.6 cm³/mol. The van der Waals surface area contributed by atoms with E-state index in [-0.39, 0.29) is 18.1 Å². The number of carbonyl (C=O) groups excluding carboxylic acids is 1. The van der Waals surface area contributed by atoms with Crippen LogP contribution in [0.5, 0.6) is 0 Å². The fraction of sp³-hybridized carbons (Fsp3) is 0.857. The molecule has 1 amide bonds. The molecule has 58 valence electrons. The first-order valence-corrected chi connectivity index (χ1v) is 3.54. The molecular formula is C7H13NO2. The highest BCUT2D eigenvalue weighted by atomic mass is 16.5. The molecule has 0 spiro atoms. The molecular weight excluding hydrogens is 130 g/mol. The highest BCUT2D eigenvalue weighted by molar-refractivity contribution is 5.73. The van der Waals surface area contributed by atoms with Gasteiger partial charge in [-0.15, -0.1) is 0 Å². The van der Waals surface area contributed by atoms with Crippen LogP contribution >= 0.6 is 0 Å². The quantitative estimate of drug-likeness (QED) is 0.603. The van der Waals surface area contributed by atoms with Gasteiger partial charge in [-0.25, -0.2) is 0 Å². The summed E-state index contributed by atoms with van der Waals surface area (Å²) in [7, 11) is 1.68. The van der Waals surface area contributed by atoms with Crippen molar-refractivity contribution in [3.63, 3.8) is 0 Å². The van der Waals surface area contributed by atoms with E-state index in [4.69, 9.17) is 4.74 Å². The monoisotopic (exact) mass is 143 g/mol. The van der Waals surface area contributed by atoms with Crippen LogP contribution in [0, 0.1) is 0 Å². The van der Waals surface area contributed by atoms with Gasteiger partial charge in [-0.3, -0.25) is 4.79 Å². The van der Waals surface area contributed by atoms with Gasteiger partial charge in [0.05, 0.1) is 12.1 Å². The molecule has 1 aliphatic carbocycles. The summed E-state index contributed by atoms with van der Waals surface area (Å²) in [4.78, 5) is 10.5. The minimum absolute atomic E-state index is 0.0340. The van der Waals surface area contributed by atoms with Gasteiger partial charge in [0.15, 0.2) is 0 Å². The van der Waals surface area contributed by atoms with Crippen molar-refractivity contribution >= 4 is 5.91 Å². The lowest BCUT2D eigenvalue weighted by molar-refractivity contribution is -0.122. The van der Waals surface area contributed by atoms with Gasteiger partial charge in [0.25, 0.3) is 0 Å². The largest absolute Gasteiger partial charge is 0.379 e. The average Bonchev–Trinajstić information content (AvgIpc) is 1.82. The summed E-state index contributed by atoms with van der Waals surface area (Å²) in [5.74, 6) is 0.0340. The summed E-state index contributed by atoms with van der Waals surface area (Å²) in [6.07, 6.45) is 2.38. The highest BCUT2D eigenvalue weighted by Crippen LogP contribution is 2.22. The Morgan fingerprint density at radius 2 is 2.30 bits per heavy atom. The average molecular weight is 143 g/mol. The second-order valence-electron chi connectivity index (χ2n) is 2.66. The van der Waals surface area contributed by atoms with Gasteiger partial charge >= 0.3 is 0 Å². The van der Waals surface area contributed by atoms with Gasteiger partial charge in [0, 0.05) is 14.0 Å². The molecule has 0 saturated heterocycles. The molecule has 0 bridgehead atoms. The molecule has 0 unspecified atom stereocenters. The summed E-state index contributed by atoms with van der Waals surface area (Å²) in [5, 5.41) is 2.82. The van der Waals surface area contributed by atoms with E-state index in [2.05, 4.69) is 5.32 Å². The van der Waals surface area contributed by atoms with Crippen LogP contribution in [0.4, 0.5) is 0 Å². The van der Waals surface area contributed by atoms with Crippen molar-refractivity contribution in [1.29, 1.82) is 0 Å². The molecule has 1 fully saturated rings. The molecule has 0 radical (unpaired) electrons. The number of hydrogen-bond donors (Lipinski definition) is 1. The summed E-state index contributed by atoms with van der Waals surface area (Å²) in [6, 6.07) is 0.266. The fourth-order valence-electron chi connectivity index (χ4n) is 1.18. The molecule has 1 saturated carbocycles. The molecule has 3 nitrogen and oxygen atoms in total. The topological polar surface area (TPSA) is 38.3 Å². The molecule has 3 heteroatoms. The molecule has 0 aliphatic heterocycles. The van der Waals surface area contributed by atoms with E-state index < -0.39 is 0 Å². The SMILES string of the molecule is CO[C@H]1CC[C@@H]1NC(C)=O. The predicted octanol–water partition coefficient (Wildman–Crippen LogP) is 0.300. The van der Waals surface area contributed by atoms with Crippen LogP contribution in [0.25, 0.3) is 0 Å². The molecule has 1 aliphatic rings. The number of carbonyl (C=O) groups is 1. The number of ether oxygens (including phenoxy) is 1. The van der Waals surface area contributed by atoms with Crippen molar-refractivity contribution in [3.05, 3.63) is 0 Å². The lowest BCUT2D eigenvalue weighted by atomic mass is 9.89. The molecule has 0 heterocycles. The maximum Gasteiger partial charge on any atom is 0.217 e. The Morgan fingerprint density at radius 3 is 2.60 bits per heavy atom. The van der Waals surface area contributed by atoms with Gasteiger partial charge < -0.3 is 10.1 Å². The number of nitrogens with one attached hydrogen (secondary N) is 1. The first-order valence-electron chi connectivity index (χ1n) is 3.54. The third-order valence-electron chi connectivity index (χ3n) is 1.90. The number of amides is 1. The zero-order chi connectivity index (χ0) is 7.56. The Labute approximate surface area is 60.7 Å². The van der Waals surface area contributed by atoms with E-state index in [1.807, 2.05) is 0 Å². The normalized spacial score (nSPS) is 31.0. The van der Waals surface area contributed by atoms with Crippen molar-refractivity contribution in [3.8, 4) is 0 Å². The third-order valence-corrected chi connectivity index (χ3v) is 1.90. The number of hydrogen-bond acceptors (Lipinski definition) is 2. The summed E-state index contributed by atoms with van der Waals surface area (Å²) in [6.45, 7) is 1.53. The Balaban J connectivity index is 2.23. The minimum Gasteiger partial charge on any atom is -0.379 e. The lowest BCUT2D eigenvalue weighted by Gasteiger charge is -2.35. The van der Waals surface area contributed by atoms with Crippen LogP contribution in [0.15, 0.2) is 0 Å². The first-order chi connectivity index (χ1) is 4.74. The fourth-order valence-corrected chi connectivity index (χ4v) is 1.18. The second-order valence-corrected chi connectivity index (χ2v) is 2.66. The maximum atomic E-state index is 10.5. The third kappa shape index (κ3) is 1.48. The summed E-state index contributed by atoms with van der Waals surface area (Å²) >= 11 is 0. The summed E-state index contributed by atoms with van der Waals surface area (Å²) in [5.41, 5.74) is 0.